The van der Waals surface area contributed by atoms with Crippen LogP contribution in [0.4, 0.5) is 5.69 Å². The summed E-state index contributed by atoms with van der Waals surface area (Å²) < 4.78 is 5.02. The molecule has 3 aromatic rings. The number of nitro groups is 1. The molecular weight excluding hydrogens is 324 g/mol. The van der Waals surface area contributed by atoms with Gasteiger partial charge in [0.1, 0.15) is 5.75 Å². The van der Waals surface area contributed by atoms with E-state index in [1.165, 1.54) is 25.3 Å². The number of rotatable bonds is 4. The minimum Gasteiger partial charge on any atom is -0.502 e. The predicted octanol–water partition coefficient (Wildman–Crippen LogP) is 3.32. The van der Waals surface area contributed by atoms with Gasteiger partial charge in [0.2, 0.25) is 5.75 Å². The van der Waals surface area contributed by atoms with Crippen molar-refractivity contribution in [3.63, 3.8) is 0 Å². The molecule has 1 heterocycles. The van der Waals surface area contributed by atoms with Crippen LogP contribution in [-0.2, 0) is 0 Å². The number of H-pyrrole nitrogens is 1. The molecule has 0 unspecified atom stereocenters. The van der Waals surface area contributed by atoms with Crippen LogP contribution in [0.5, 0.6) is 11.5 Å². The first-order chi connectivity index (χ1) is 12.0. The molecule has 0 saturated carbocycles. The van der Waals surface area contributed by atoms with Crippen molar-refractivity contribution in [2.75, 3.05) is 7.11 Å². The van der Waals surface area contributed by atoms with Crippen molar-refractivity contribution < 1.29 is 14.8 Å². The number of pyridine rings is 1. The Balaban J connectivity index is 2.06. The van der Waals surface area contributed by atoms with E-state index in [0.29, 0.717) is 16.6 Å². The van der Waals surface area contributed by atoms with Crippen molar-refractivity contribution in [1.82, 2.24) is 4.98 Å². The van der Waals surface area contributed by atoms with Gasteiger partial charge in [-0.25, -0.2) is 0 Å². The molecule has 0 atom stereocenters. The average Bonchev–Trinajstić information content (AvgIpc) is 2.60. The van der Waals surface area contributed by atoms with Gasteiger partial charge in [0.25, 0.3) is 0 Å². The summed E-state index contributed by atoms with van der Waals surface area (Å²) in [6.45, 7) is 0. The number of phenolic OH excluding ortho intramolecular Hbond substituents is 1. The molecule has 0 fully saturated rings. The number of nitro benzene ring substituents is 1. The van der Waals surface area contributed by atoms with Crippen LogP contribution in [0.2, 0.25) is 0 Å². The lowest BCUT2D eigenvalue weighted by atomic mass is 10.1. The molecule has 0 saturated heterocycles. The molecule has 2 aromatic carbocycles. The Morgan fingerprint density at radius 1 is 1.20 bits per heavy atom. The maximum atomic E-state index is 12.1. The van der Waals surface area contributed by atoms with Gasteiger partial charge in [-0.15, -0.1) is 0 Å². The lowest BCUT2D eigenvalue weighted by Gasteiger charge is -2.05. The maximum Gasteiger partial charge on any atom is 0.315 e. The van der Waals surface area contributed by atoms with Crippen LogP contribution in [0.3, 0.4) is 0 Å². The number of methoxy groups -OCH3 is 1. The SMILES string of the molecule is COc1cc(/C=C/c2cc(=O)c3ccccc3[nH]2)c(O)c([N+](=O)[O-])c1. The molecule has 7 nitrogen and oxygen atoms in total. The monoisotopic (exact) mass is 338 g/mol. The zero-order chi connectivity index (χ0) is 18.0. The number of phenols is 1. The number of fused-ring (bicyclic) bond motifs is 1. The van der Waals surface area contributed by atoms with Crippen LogP contribution in [0.15, 0.2) is 47.3 Å². The number of ether oxygens (including phenoxy) is 1. The van der Waals surface area contributed by atoms with Crippen molar-refractivity contribution in [2.45, 2.75) is 0 Å². The average molecular weight is 338 g/mol. The Hall–Kier alpha value is -3.61. The van der Waals surface area contributed by atoms with E-state index in [1.54, 1.807) is 24.3 Å². The quantitative estimate of drug-likeness (QED) is 0.561. The van der Waals surface area contributed by atoms with E-state index in [1.807, 2.05) is 6.07 Å². The molecule has 0 aliphatic heterocycles. The fourth-order valence-corrected chi connectivity index (χ4v) is 2.49. The molecule has 25 heavy (non-hydrogen) atoms. The summed E-state index contributed by atoms with van der Waals surface area (Å²) in [6, 6.07) is 11.1. The minimum atomic E-state index is -0.687. The topological polar surface area (TPSA) is 105 Å². The van der Waals surface area contributed by atoms with Gasteiger partial charge in [-0.1, -0.05) is 12.1 Å². The zero-order valence-electron chi connectivity index (χ0n) is 13.2. The van der Waals surface area contributed by atoms with Crippen molar-refractivity contribution in [1.29, 1.82) is 0 Å². The normalized spacial score (nSPS) is 11.1. The fourth-order valence-electron chi connectivity index (χ4n) is 2.49. The number of aromatic amines is 1. The summed E-state index contributed by atoms with van der Waals surface area (Å²) in [6.07, 6.45) is 3.04. The molecule has 1 aromatic heterocycles. The molecule has 0 spiro atoms. The van der Waals surface area contributed by atoms with Gasteiger partial charge in [0.05, 0.1) is 18.1 Å². The highest BCUT2D eigenvalue weighted by molar-refractivity contribution is 5.81. The number of nitrogens with zero attached hydrogens (tertiary/aromatic N) is 1. The van der Waals surface area contributed by atoms with Crippen molar-refractivity contribution in [2.24, 2.45) is 0 Å². The molecule has 3 rings (SSSR count). The van der Waals surface area contributed by atoms with Crippen LogP contribution >= 0.6 is 0 Å². The molecule has 0 bridgehead atoms. The van der Waals surface area contributed by atoms with E-state index in [2.05, 4.69) is 4.98 Å². The third-order valence-corrected chi connectivity index (χ3v) is 3.73. The first kappa shape index (κ1) is 16.3. The first-order valence-corrected chi connectivity index (χ1v) is 7.35. The Morgan fingerprint density at radius 2 is 1.96 bits per heavy atom. The zero-order valence-corrected chi connectivity index (χ0v) is 13.2. The molecule has 0 amide bonds. The standard InChI is InChI=1S/C18H14N2O5/c1-25-13-8-11(18(22)16(10-13)20(23)24)6-7-12-9-17(21)14-4-2-3-5-15(14)19-12/h2-10,22H,1H3,(H,19,21)/b7-6+. The van der Waals surface area contributed by atoms with Gasteiger partial charge in [-0.2, -0.15) is 0 Å². The van der Waals surface area contributed by atoms with Crippen LogP contribution in [0, 0.1) is 10.1 Å². The van der Waals surface area contributed by atoms with Gasteiger partial charge in [0, 0.05) is 28.2 Å². The number of aromatic hydroxyl groups is 1. The highest BCUT2D eigenvalue weighted by Crippen LogP contribution is 2.35. The summed E-state index contributed by atoms with van der Waals surface area (Å²) in [5.41, 5.74) is 0.796. The molecular formula is C18H14N2O5. The first-order valence-electron chi connectivity index (χ1n) is 7.35. The second-order valence-electron chi connectivity index (χ2n) is 5.31. The van der Waals surface area contributed by atoms with Gasteiger partial charge in [-0.3, -0.25) is 14.9 Å². The van der Waals surface area contributed by atoms with Crippen LogP contribution in [0.1, 0.15) is 11.3 Å². The van der Waals surface area contributed by atoms with Crippen LogP contribution in [0.25, 0.3) is 23.1 Å². The van der Waals surface area contributed by atoms with Gasteiger partial charge >= 0.3 is 5.69 Å². The van der Waals surface area contributed by atoms with E-state index in [0.717, 1.165) is 6.07 Å². The highest BCUT2D eigenvalue weighted by atomic mass is 16.6. The van der Waals surface area contributed by atoms with Crippen molar-refractivity contribution >= 4 is 28.7 Å². The Labute approximate surface area is 142 Å². The third-order valence-electron chi connectivity index (χ3n) is 3.73. The van der Waals surface area contributed by atoms with Crippen LogP contribution < -0.4 is 10.2 Å². The summed E-state index contributed by atoms with van der Waals surface area (Å²) in [4.78, 5) is 25.5. The number of hydrogen-bond donors (Lipinski definition) is 2. The summed E-state index contributed by atoms with van der Waals surface area (Å²) in [5, 5.41) is 21.7. The molecule has 7 heteroatoms. The molecule has 126 valence electrons. The fraction of sp³-hybridized carbons (Fsp3) is 0.0556. The molecule has 0 aliphatic carbocycles. The van der Waals surface area contributed by atoms with Crippen LogP contribution in [-0.4, -0.2) is 22.1 Å². The number of aromatic nitrogens is 1. The predicted molar refractivity (Wildman–Crippen MR) is 94.8 cm³/mol. The van der Waals surface area contributed by atoms with E-state index in [9.17, 15) is 20.0 Å². The second-order valence-corrected chi connectivity index (χ2v) is 5.31. The molecule has 0 radical (unpaired) electrons. The largest absolute Gasteiger partial charge is 0.502 e. The smallest absolute Gasteiger partial charge is 0.315 e. The Bertz CT molecular complexity index is 1050. The summed E-state index contributed by atoms with van der Waals surface area (Å²) in [5.74, 6) is -0.221. The lowest BCUT2D eigenvalue weighted by Crippen LogP contribution is -2.02. The second kappa shape index (κ2) is 6.48. The lowest BCUT2D eigenvalue weighted by molar-refractivity contribution is -0.385. The number of para-hydroxylation sites is 1. The number of nitrogens with one attached hydrogen (secondary N) is 1. The number of hydrogen-bond acceptors (Lipinski definition) is 5. The third kappa shape index (κ3) is 3.20. The number of benzene rings is 2. The summed E-state index contributed by atoms with van der Waals surface area (Å²) in [7, 11) is 1.38. The van der Waals surface area contributed by atoms with Gasteiger partial charge in [-0.05, 0) is 30.4 Å². The molecule has 2 N–H and O–H groups in total. The van der Waals surface area contributed by atoms with Crippen molar-refractivity contribution in [3.05, 3.63) is 74.1 Å². The minimum absolute atomic E-state index is 0.144. The van der Waals surface area contributed by atoms with E-state index in [4.69, 9.17) is 4.74 Å². The van der Waals surface area contributed by atoms with E-state index < -0.39 is 16.4 Å². The maximum absolute atomic E-state index is 12.1. The van der Waals surface area contributed by atoms with Gasteiger partial charge in [0.15, 0.2) is 5.43 Å². The van der Waals surface area contributed by atoms with E-state index in [-0.39, 0.29) is 16.7 Å². The highest BCUT2D eigenvalue weighted by Gasteiger charge is 2.18. The summed E-state index contributed by atoms with van der Waals surface area (Å²) >= 11 is 0. The molecule has 0 aliphatic rings. The van der Waals surface area contributed by atoms with Crippen molar-refractivity contribution in [3.8, 4) is 11.5 Å². The van der Waals surface area contributed by atoms with E-state index >= 15 is 0 Å². The Kier molecular flexibility index (Phi) is 4.21. The Morgan fingerprint density at radius 3 is 2.68 bits per heavy atom. The van der Waals surface area contributed by atoms with Gasteiger partial charge < -0.3 is 14.8 Å².